The molecule has 0 bridgehead atoms. The summed E-state index contributed by atoms with van der Waals surface area (Å²) in [4.78, 5) is 0. The fourth-order valence-corrected chi connectivity index (χ4v) is 2.91. The molecule has 90 valence electrons. The first-order chi connectivity index (χ1) is 8.34. The molecule has 1 aliphatic rings. The normalized spacial score (nSPS) is 20.9. The third kappa shape index (κ3) is 2.09. The van der Waals surface area contributed by atoms with Crippen LogP contribution in [0.4, 0.5) is 0 Å². The molecule has 1 aromatic heterocycles. The van der Waals surface area contributed by atoms with Gasteiger partial charge in [0, 0.05) is 5.39 Å². The van der Waals surface area contributed by atoms with Gasteiger partial charge in [-0.05, 0) is 62.4 Å². The Balaban J connectivity index is 1.91. The molecule has 1 aliphatic heterocycles. The zero-order chi connectivity index (χ0) is 11.7. The molecule has 2 heterocycles. The van der Waals surface area contributed by atoms with E-state index in [-0.39, 0.29) is 0 Å². The van der Waals surface area contributed by atoms with Crippen LogP contribution in [0, 0.1) is 12.8 Å². The van der Waals surface area contributed by atoms with E-state index in [4.69, 9.17) is 4.42 Å². The molecule has 3 rings (SSSR count). The summed E-state index contributed by atoms with van der Waals surface area (Å²) in [5, 5.41) is 4.82. The number of aryl methyl sites for hydroxylation is 1. The maximum absolute atomic E-state index is 5.56. The van der Waals surface area contributed by atoms with Gasteiger partial charge >= 0.3 is 0 Å². The van der Waals surface area contributed by atoms with Gasteiger partial charge in [-0.15, -0.1) is 0 Å². The number of rotatable bonds is 2. The van der Waals surface area contributed by atoms with Gasteiger partial charge in [0.1, 0.15) is 5.58 Å². The second-order valence-electron chi connectivity index (χ2n) is 5.13. The van der Waals surface area contributed by atoms with Crippen molar-refractivity contribution in [2.75, 3.05) is 13.1 Å². The minimum absolute atomic E-state index is 0.781. The van der Waals surface area contributed by atoms with Crippen molar-refractivity contribution in [2.45, 2.75) is 26.2 Å². The van der Waals surface area contributed by atoms with Gasteiger partial charge in [-0.25, -0.2) is 0 Å². The van der Waals surface area contributed by atoms with Crippen LogP contribution in [0.5, 0.6) is 0 Å². The summed E-state index contributed by atoms with van der Waals surface area (Å²) in [6.45, 7) is 4.48. The average Bonchev–Trinajstić information content (AvgIpc) is 2.74. The Morgan fingerprint density at radius 3 is 3.18 bits per heavy atom. The maximum atomic E-state index is 5.56. The van der Waals surface area contributed by atoms with Crippen molar-refractivity contribution in [1.82, 2.24) is 5.32 Å². The van der Waals surface area contributed by atoms with Crippen LogP contribution in [0.2, 0.25) is 0 Å². The minimum atomic E-state index is 0.781. The van der Waals surface area contributed by atoms with Crippen LogP contribution in [0.3, 0.4) is 0 Å². The van der Waals surface area contributed by atoms with Gasteiger partial charge in [0.05, 0.1) is 6.26 Å². The first-order valence-corrected chi connectivity index (χ1v) is 6.51. The molecule has 0 aliphatic carbocycles. The lowest BCUT2D eigenvalue weighted by Crippen LogP contribution is -2.30. The lowest BCUT2D eigenvalue weighted by atomic mass is 9.90. The molecule has 1 unspecified atom stereocenters. The molecule has 1 aromatic carbocycles. The van der Waals surface area contributed by atoms with E-state index in [1.807, 2.05) is 6.26 Å². The lowest BCUT2D eigenvalue weighted by Gasteiger charge is -2.23. The first-order valence-electron chi connectivity index (χ1n) is 6.51. The Morgan fingerprint density at radius 2 is 2.35 bits per heavy atom. The third-order valence-electron chi connectivity index (χ3n) is 3.78. The fourth-order valence-electron chi connectivity index (χ4n) is 2.91. The van der Waals surface area contributed by atoms with Crippen molar-refractivity contribution >= 4 is 11.0 Å². The molecule has 1 atom stereocenters. The van der Waals surface area contributed by atoms with Gasteiger partial charge < -0.3 is 9.73 Å². The van der Waals surface area contributed by atoms with E-state index < -0.39 is 0 Å². The van der Waals surface area contributed by atoms with Gasteiger partial charge in [-0.2, -0.15) is 0 Å². The van der Waals surface area contributed by atoms with Crippen LogP contribution >= 0.6 is 0 Å². The molecule has 0 saturated carbocycles. The van der Waals surface area contributed by atoms with Crippen molar-refractivity contribution in [3.63, 3.8) is 0 Å². The molecule has 0 amide bonds. The summed E-state index contributed by atoms with van der Waals surface area (Å²) >= 11 is 0. The van der Waals surface area contributed by atoms with E-state index in [2.05, 4.69) is 30.4 Å². The lowest BCUT2D eigenvalue weighted by molar-refractivity contribution is 0.377. The molecule has 0 spiro atoms. The average molecular weight is 229 g/mol. The first kappa shape index (κ1) is 10.8. The maximum Gasteiger partial charge on any atom is 0.134 e. The summed E-state index contributed by atoms with van der Waals surface area (Å²) in [5.41, 5.74) is 3.74. The molecular weight excluding hydrogens is 210 g/mol. The molecule has 0 radical (unpaired) electrons. The molecule has 2 aromatic rings. The van der Waals surface area contributed by atoms with Crippen molar-refractivity contribution < 1.29 is 4.42 Å². The highest BCUT2D eigenvalue weighted by atomic mass is 16.3. The predicted molar refractivity (Wildman–Crippen MR) is 70.2 cm³/mol. The molecule has 17 heavy (non-hydrogen) atoms. The molecule has 1 saturated heterocycles. The van der Waals surface area contributed by atoms with Gasteiger partial charge in [0.25, 0.3) is 0 Å². The van der Waals surface area contributed by atoms with Gasteiger partial charge in [0.15, 0.2) is 0 Å². The Morgan fingerprint density at radius 1 is 1.41 bits per heavy atom. The van der Waals surface area contributed by atoms with Crippen LogP contribution in [0.25, 0.3) is 11.0 Å². The number of nitrogens with one attached hydrogen (secondary N) is 1. The van der Waals surface area contributed by atoms with Crippen molar-refractivity contribution in [1.29, 1.82) is 0 Å². The number of hydrogen-bond acceptors (Lipinski definition) is 2. The van der Waals surface area contributed by atoms with Crippen molar-refractivity contribution in [3.05, 3.63) is 35.6 Å². The highest BCUT2D eigenvalue weighted by Crippen LogP contribution is 2.27. The fraction of sp³-hybridized carbons (Fsp3) is 0.467. The topological polar surface area (TPSA) is 25.2 Å². The summed E-state index contributed by atoms with van der Waals surface area (Å²) in [6.07, 6.45) is 5.70. The monoisotopic (exact) mass is 229 g/mol. The summed E-state index contributed by atoms with van der Waals surface area (Å²) in [7, 11) is 0. The number of furan rings is 1. The number of piperidine rings is 1. The Labute approximate surface area is 102 Å². The molecule has 1 fully saturated rings. The SMILES string of the molecule is Cc1coc2cccc(CC3CCCNC3)c12. The van der Waals surface area contributed by atoms with Crippen LogP contribution < -0.4 is 5.32 Å². The zero-order valence-electron chi connectivity index (χ0n) is 10.3. The van der Waals surface area contributed by atoms with Gasteiger partial charge in [-0.3, -0.25) is 0 Å². The van der Waals surface area contributed by atoms with Crippen molar-refractivity contribution in [3.8, 4) is 0 Å². The Kier molecular flexibility index (Phi) is 2.89. The molecular formula is C15H19NO. The highest BCUT2D eigenvalue weighted by molar-refractivity contribution is 5.84. The summed E-state index contributed by atoms with van der Waals surface area (Å²) in [6, 6.07) is 6.42. The van der Waals surface area contributed by atoms with Crippen LogP contribution in [-0.2, 0) is 6.42 Å². The summed E-state index contributed by atoms with van der Waals surface area (Å²) in [5.74, 6) is 0.781. The van der Waals surface area contributed by atoms with E-state index >= 15 is 0 Å². The molecule has 2 nitrogen and oxygen atoms in total. The van der Waals surface area contributed by atoms with Gasteiger partial charge in [-0.1, -0.05) is 12.1 Å². The van der Waals surface area contributed by atoms with Crippen molar-refractivity contribution in [2.24, 2.45) is 5.92 Å². The highest BCUT2D eigenvalue weighted by Gasteiger charge is 2.16. The number of hydrogen-bond donors (Lipinski definition) is 1. The number of fused-ring (bicyclic) bond motifs is 1. The van der Waals surface area contributed by atoms with Crippen LogP contribution in [0.1, 0.15) is 24.0 Å². The van der Waals surface area contributed by atoms with E-state index in [0.717, 1.165) is 18.0 Å². The van der Waals surface area contributed by atoms with E-state index in [1.165, 1.54) is 42.3 Å². The molecule has 2 heteroatoms. The van der Waals surface area contributed by atoms with Crippen LogP contribution in [0.15, 0.2) is 28.9 Å². The Bertz CT molecular complexity index is 509. The van der Waals surface area contributed by atoms with Crippen LogP contribution in [-0.4, -0.2) is 13.1 Å². The van der Waals surface area contributed by atoms with E-state index in [0.29, 0.717) is 0 Å². The minimum Gasteiger partial charge on any atom is -0.464 e. The van der Waals surface area contributed by atoms with E-state index in [9.17, 15) is 0 Å². The zero-order valence-corrected chi connectivity index (χ0v) is 10.3. The van der Waals surface area contributed by atoms with Gasteiger partial charge in [0.2, 0.25) is 0 Å². The molecule has 1 N–H and O–H groups in total. The Hall–Kier alpha value is -1.28. The quantitative estimate of drug-likeness (QED) is 0.855. The largest absolute Gasteiger partial charge is 0.464 e. The standard InChI is InChI=1S/C15H19NO/c1-11-10-17-14-6-2-5-13(15(11)14)8-12-4-3-7-16-9-12/h2,5-6,10,12,16H,3-4,7-9H2,1H3. The summed E-state index contributed by atoms with van der Waals surface area (Å²) < 4.78 is 5.56. The third-order valence-corrected chi connectivity index (χ3v) is 3.78. The second-order valence-corrected chi connectivity index (χ2v) is 5.13. The number of benzene rings is 1. The van der Waals surface area contributed by atoms with E-state index in [1.54, 1.807) is 0 Å². The smallest absolute Gasteiger partial charge is 0.134 e. The second kappa shape index (κ2) is 4.53. The predicted octanol–water partition coefficient (Wildman–Crippen LogP) is 3.28.